The van der Waals surface area contributed by atoms with Crippen LogP contribution in [0.3, 0.4) is 0 Å². The van der Waals surface area contributed by atoms with Crippen LogP contribution in [0.25, 0.3) is 0 Å². The summed E-state index contributed by atoms with van der Waals surface area (Å²) in [7, 11) is -2.13. The molecule has 0 radical (unpaired) electrons. The lowest BCUT2D eigenvalue weighted by molar-refractivity contribution is -0.142. The van der Waals surface area contributed by atoms with Crippen LogP contribution < -0.4 is 4.72 Å². The summed E-state index contributed by atoms with van der Waals surface area (Å²) in [4.78, 5) is 11.4. The van der Waals surface area contributed by atoms with Gasteiger partial charge in [-0.15, -0.1) is 0 Å². The monoisotopic (exact) mass is 257 g/mol. The van der Waals surface area contributed by atoms with Crippen LogP contribution in [0, 0.1) is 0 Å². The molecule has 1 N–H and O–H groups in total. The topological polar surface area (TPSA) is 72.5 Å². The van der Waals surface area contributed by atoms with Crippen LogP contribution in [0.4, 0.5) is 0 Å². The van der Waals surface area contributed by atoms with Crippen molar-refractivity contribution >= 4 is 16.0 Å². The fraction of sp³-hybridized carbons (Fsp3) is 0.364. The van der Waals surface area contributed by atoms with E-state index in [1.807, 2.05) is 0 Å². The highest BCUT2D eigenvalue weighted by Gasteiger charge is 2.12. The summed E-state index contributed by atoms with van der Waals surface area (Å²) in [5.41, 5.74) is 0.611. The molecule has 1 aromatic carbocycles. The van der Waals surface area contributed by atoms with E-state index in [0.29, 0.717) is 12.2 Å². The molecule has 1 rings (SSSR count). The van der Waals surface area contributed by atoms with Crippen molar-refractivity contribution < 1.29 is 17.9 Å². The number of benzene rings is 1. The Balaban J connectivity index is 2.91. The fourth-order valence-corrected chi connectivity index (χ4v) is 2.12. The lowest BCUT2D eigenvalue weighted by Gasteiger charge is -2.05. The quantitative estimate of drug-likeness (QED) is 0.788. The molecule has 5 nitrogen and oxygen atoms in total. The number of sulfonamides is 1. The van der Waals surface area contributed by atoms with Gasteiger partial charge in [0.15, 0.2) is 0 Å². The first-order valence-corrected chi connectivity index (χ1v) is 6.66. The number of hydrogen-bond donors (Lipinski definition) is 1. The summed E-state index contributed by atoms with van der Waals surface area (Å²) in [5, 5.41) is 0. The molecule has 17 heavy (non-hydrogen) atoms. The van der Waals surface area contributed by atoms with E-state index < -0.39 is 10.0 Å². The lowest BCUT2D eigenvalue weighted by Crippen LogP contribution is -2.18. The number of carbonyl (C=O) groups excluding carboxylic acids is 1. The first-order chi connectivity index (χ1) is 7.99. The molecule has 0 heterocycles. The summed E-state index contributed by atoms with van der Waals surface area (Å²) >= 11 is 0. The fourth-order valence-electron chi connectivity index (χ4n) is 1.32. The number of nitrogens with one attached hydrogen (secondary N) is 1. The first kappa shape index (κ1) is 13.7. The summed E-state index contributed by atoms with van der Waals surface area (Å²) in [6.45, 7) is 2.03. The van der Waals surface area contributed by atoms with Crippen molar-refractivity contribution in [2.75, 3.05) is 13.7 Å². The lowest BCUT2D eigenvalue weighted by atomic mass is 10.1. The molecule has 0 aromatic heterocycles. The number of esters is 1. The molecule has 0 fully saturated rings. The van der Waals surface area contributed by atoms with E-state index in [1.54, 1.807) is 19.1 Å². The number of hydrogen-bond acceptors (Lipinski definition) is 4. The van der Waals surface area contributed by atoms with Crippen molar-refractivity contribution in [3.05, 3.63) is 29.8 Å². The van der Waals surface area contributed by atoms with E-state index >= 15 is 0 Å². The highest BCUT2D eigenvalue weighted by molar-refractivity contribution is 7.89. The second kappa shape index (κ2) is 5.79. The zero-order chi connectivity index (χ0) is 12.9. The van der Waals surface area contributed by atoms with Crippen molar-refractivity contribution in [1.29, 1.82) is 0 Å². The minimum Gasteiger partial charge on any atom is -0.466 e. The van der Waals surface area contributed by atoms with E-state index in [9.17, 15) is 13.2 Å². The smallest absolute Gasteiger partial charge is 0.310 e. The summed E-state index contributed by atoms with van der Waals surface area (Å²) in [6, 6.07) is 6.22. The van der Waals surface area contributed by atoms with Gasteiger partial charge in [-0.25, -0.2) is 13.1 Å². The normalized spacial score (nSPS) is 11.2. The van der Waals surface area contributed by atoms with Crippen molar-refractivity contribution in [3.63, 3.8) is 0 Å². The van der Waals surface area contributed by atoms with Gasteiger partial charge in [-0.2, -0.15) is 0 Å². The summed E-state index contributed by atoms with van der Waals surface area (Å²) in [6.07, 6.45) is 0.0704. The largest absolute Gasteiger partial charge is 0.466 e. The van der Waals surface area contributed by atoms with Gasteiger partial charge in [0.1, 0.15) is 0 Å². The maximum Gasteiger partial charge on any atom is 0.310 e. The molecule has 0 aliphatic carbocycles. The minimum atomic E-state index is -3.47. The average molecular weight is 257 g/mol. The predicted octanol–water partition coefficient (Wildman–Crippen LogP) is 0.700. The van der Waals surface area contributed by atoms with Gasteiger partial charge in [0, 0.05) is 0 Å². The molecule has 1 aromatic rings. The van der Waals surface area contributed by atoms with Crippen molar-refractivity contribution in [2.24, 2.45) is 0 Å². The van der Waals surface area contributed by atoms with Gasteiger partial charge in [0.25, 0.3) is 0 Å². The van der Waals surface area contributed by atoms with Crippen LogP contribution in [-0.2, 0) is 26.0 Å². The number of ether oxygens (including phenoxy) is 1. The van der Waals surface area contributed by atoms with E-state index in [-0.39, 0.29) is 17.3 Å². The Morgan fingerprint density at radius 2 is 2.12 bits per heavy atom. The predicted molar refractivity (Wildman–Crippen MR) is 63.0 cm³/mol. The zero-order valence-corrected chi connectivity index (χ0v) is 10.6. The van der Waals surface area contributed by atoms with Crippen LogP contribution >= 0.6 is 0 Å². The van der Waals surface area contributed by atoms with Crippen molar-refractivity contribution in [2.45, 2.75) is 18.2 Å². The van der Waals surface area contributed by atoms with Gasteiger partial charge in [-0.1, -0.05) is 12.1 Å². The van der Waals surface area contributed by atoms with E-state index in [2.05, 4.69) is 4.72 Å². The maximum atomic E-state index is 11.5. The molecule has 0 saturated carbocycles. The van der Waals surface area contributed by atoms with Crippen LogP contribution in [0.15, 0.2) is 29.2 Å². The summed E-state index contributed by atoms with van der Waals surface area (Å²) < 4.78 is 30.1. The third-order valence-electron chi connectivity index (χ3n) is 2.13. The Hall–Kier alpha value is -1.40. The number of carbonyl (C=O) groups is 1. The zero-order valence-electron chi connectivity index (χ0n) is 9.76. The average Bonchev–Trinajstić information content (AvgIpc) is 2.29. The van der Waals surface area contributed by atoms with E-state index in [4.69, 9.17) is 4.74 Å². The van der Waals surface area contributed by atoms with Crippen LogP contribution in [0.1, 0.15) is 12.5 Å². The van der Waals surface area contributed by atoms with E-state index in [0.717, 1.165) is 0 Å². The second-order valence-corrected chi connectivity index (χ2v) is 5.22. The Bertz CT molecular complexity index is 496. The molecule has 0 aliphatic rings. The van der Waals surface area contributed by atoms with Gasteiger partial charge < -0.3 is 4.74 Å². The number of rotatable bonds is 5. The molecular formula is C11H15NO4S. The molecule has 0 spiro atoms. The molecule has 94 valence electrons. The third-order valence-corrected chi connectivity index (χ3v) is 3.54. The maximum absolute atomic E-state index is 11.5. The highest BCUT2D eigenvalue weighted by Crippen LogP contribution is 2.11. The molecular weight excluding hydrogens is 242 g/mol. The van der Waals surface area contributed by atoms with Gasteiger partial charge in [0.2, 0.25) is 10.0 Å². The van der Waals surface area contributed by atoms with Gasteiger partial charge >= 0.3 is 5.97 Å². The van der Waals surface area contributed by atoms with Crippen LogP contribution in [0.5, 0.6) is 0 Å². The Morgan fingerprint density at radius 1 is 1.41 bits per heavy atom. The molecule has 0 aliphatic heterocycles. The van der Waals surface area contributed by atoms with Gasteiger partial charge in [-0.05, 0) is 31.7 Å². The Morgan fingerprint density at radius 3 is 2.71 bits per heavy atom. The first-order valence-electron chi connectivity index (χ1n) is 5.17. The van der Waals surface area contributed by atoms with Crippen LogP contribution in [-0.4, -0.2) is 28.0 Å². The van der Waals surface area contributed by atoms with Gasteiger partial charge in [-0.3, -0.25) is 4.79 Å². The molecule has 0 atom stereocenters. The molecule has 0 amide bonds. The molecule has 6 heteroatoms. The Kier molecular flexibility index (Phi) is 4.65. The summed E-state index contributed by atoms with van der Waals surface area (Å²) in [5.74, 6) is -0.369. The molecule has 0 saturated heterocycles. The standard InChI is InChI=1S/C11H15NO4S/c1-3-16-11(13)8-9-5-4-6-10(7-9)17(14,15)12-2/h4-7,12H,3,8H2,1-2H3. The molecule has 0 unspecified atom stereocenters. The van der Waals surface area contributed by atoms with E-state index in [1.165, 1.54) is 19.2 Å². The Labute approximate surface area is 101 Å². The van der Waals surface area contributed by atoms with Crippen molar-refractivity contribution in [3.8, 4) is 0 Å². The van der Waals surface area contributed by atoms with Crippen molar-refractivity contribution in [1.82, 2.24) is 4.72 Å². The SMILES string of the molecule is CCOC(=O)Cc1cccc(S(=O)(=O)NC)c1. The minimum absolute atomic E-state index is 0.0704. The highest BCUT2D eigenvalue weighted by atomic mass is 32.2. The van der Waals surface area contributed by atoms with Crippen LogP contribution in [0.2, 0.25) is 0 Å². The second-order valence-electron chi connectivity index (χ2n) is 3.34. The third kappa shape index (κ3) is 3.83. The van der Waals surface area contributed by atoms with Gasteiger partial charge in [0.05, 0.1) is 17.9 Å². The molecule has 0 bridgehead atoms.